The van der Waals surface area contributed by atoms with Crippen LogP contribution in [-0.2, 0) is 9.53 Å². The van der Waals surface area contributed by atoms with E-state index in [1.807, 2.05) is 24.3 Å². The van der Waals surface area contributed by atoms with Crippen LogP contribution in [0.5, 0.6) is 11.5 Å². The van der Waals surface area contributed by atoms with Gasteiger partial charge in [-0.05, 0) is 49.2 Å². The third-order valence-electron chi connectivity index (χ3n) is 4.32. The Kier molecular flexibility index (Phi) is 5.08. The Morgan fingerprint density at radius 3 is 2.38 bits per heavy atom. The molecule has 0 atom stereocenters. The standard InChI is InChI=1S/C18H21N3O3/c19-13-18(7-11-23-12-8-18)17(22)21-14-1-3-15(4-2-14)24-16-5-9-20-10-6-16/h1-6,9-10H,7-8,11-13,19H2,(H,21,22). The maximum Gasteiger partial charge on any atom is 0.232 e. The van der Waals surface area contributed by atoms with E-state index < -0.39 is 5.41 Å². The first kappa shape index (κ1) is 16.4. The Hall–Kier alpha value is -2.44. The Morgan fingerprint density at radius 2 is 1.75 bits per heavy atom. The Balaban J connectivity index is 1.64. The number of aromatic nitrogens is 1. The highest BCUT2D eigenvalue weighted by molar-refractivity contribution is 5.95. The Morgan fingerprint density at radius 1 is 1.12 bits per heavy atom. The van der Waals surface area contributed by atoms with Crippen molar-refractivity contribution in [3.63, 3.8) is 0 Å². The molecule has 0 aliphatic carbocycles. The summed E-state index contributed by atoms with van der Waals surface area (Å²) in [5.41, 5.74) is 6.05. The van der Waals surface area contributed by atoms with Crippen LogP contribution in [0.1, 0.15) is 12.8 Å². The molecule has 0 bridgehead atoms. The van der Waals surface area contributed by atoms with Gasteiger partial charge in [0, 0.05) is 37.8 Å². The highest BCUT2D eigenvalue weighted by atomic mass is 16.5. The van der Waals surface area contributed by atoms with Crippen LogP contribution in [0.15, 0.2) is 48.8 Å². The second-order valence-corrected chi connectivity index (χ2v) is 5.86. The summed E-state index contributed by atoms with van der Waals surface area (Å²) in [5.74, 6) is 1.36. The normalized spacial score (nSPS) is 16.4. The van der Waals surface area contributed by atoms with Crippen molar-refractivity contribution < 1.29 is 14.3 Å². The highest BCUT2D eigenvalue weighted by Crippen LogP contribution is 2.31. The van der Waals surface area contributed by atoms with Crippen LogP contribution in [0.2, 0.25) is 0 Å². The van der Waals surface area contributed by atoms with Crippen LogP contribution >= 0.6 is 0 Å². The van der Waals surface area contributed by atoms with Crippen molar-refractivity contribution in [1.29, 1.82) is 0 Å². The molecule has 1 aliphatic rings. The fourth-order valence-corrected chi connectivity index (χ4v) is 2.70. The zero-order valence-corrected chi connectivity index (χ0v) is 13.4. The van der Waals surface area contributed by atoms with Crippen LogP contribution in [0.3, 0.4) is 0 Å². The monoisotopic (exact) mass is 327 g/mol. The number of carbonyl (C=O) groups is 1. The summed E-state index contributed by atoms with van der Waals surface area (Å²) in [4.78, 5) is 16.6. The number of hydrogen-bond donors (Lipinski definition) is 2. The quantitative estimate of drug-likeness (QED) is 0.881. The van der Waals surface area contributed by atoms with Gasteiger partial charge in [0.1, 0.15) is 11.5 Å². The molecule has 2 heterocycles. The van der Waals surface area contributed by atoms with Gasteiger partial charge in [0.25, 0.3) is 0 Å². The van der Waals surface area contributed by atoms with Gasteiger partial charge >= 0.3 is 0 Å². The van der Waals surface area contributed by atoms with Gasteiger partial charge in [-0.3, -0.25) is 9.78 Å². The van der Waals surface area contributed by atoms with Gasteiger partial charge < -0.3 is 20.5 Å². The van der Waals surface area contributed by atoms with Crippen molar-refractivity contribution in [2.75, 3.05) is 25.1 Å². The molecule has 2 aromatic rings. The largest absolute Gasteiger partial charge is 0.457 e. The van der Waals surface area contributed by atoms with Gasteiger partial charge in [-0.1, -0.05) is 0 Å². The summed E-state index contributed by atoms with van der Waals surface area (Å²) in [6, 6.07) is 10.8. The number of pyridine rings is 1. The lowest BCUT2D eigenvalue weighted by Crippen LogP contribution is -2.46. The lowest BCUT2D eigenvalue weighted by molar-refractivity contribution is -0.130. The van der Waals surface area contributed by atoms with Crippen molar-refractivity contribution in [2.45, 2.75) is 12.8 Å². The molecule has 1 aliphatic heterocycles. The van der Waals surface area contributed by atoms with E-state index in [2.05, 4.69) is 10.3 Å². The molecule has 0 unspecified atom stereocenters. The average molecular weight is 327 g/mol. The van der Waals surface area contributed by atoms with E-state index in [-0.39, 0.29) is 5.91 Å². The van der Waals surface area contributed by atoms with Gasteiger partial charge in [-0.25, -0.2) is 0 Å². The number of anilines is 1. The van der Waals surface area contributed by atoms with Gasteiger partial charge in [0.15, 0.2) is 0 Å². The Labute approximate surface area is 141 Å². The smallest absolute Gasteiger partial charge is 0.232 e. The second kappa shape index (κ2) is 7.42. The molecule has 126 valence electrons. The summed E-state index contributed by atoms with van der Waals surface area (Å²) < 4.78 is 11.0. The molecular formula is C18H21N3O3. The molecule has 0 spiro atoms. The minimum absolute atomic E-state index is 0.0453. The molecule has 0 radical (unpaired) electrons. The number of nitrogens with one attached hydrogen (secondary N) is 1. The SMILES string of the molecule is NCC1(C(=O)Nc2ccc(Oc3ccncc3)cc2)CCOCC1. The number of nitrogens with two attached hydrogens (primary N) is 1. The molecular weight excluding hydrogens is 306 g/mol. The minimum atomic E-state index is -0.537. The minimum Gasteiger partial charge on any atom is -0.457 e. The van der Waals surface area contributed by atoms with Crippen molar-refractivity contribution in [3.05, 3.63) is 48.8 Å². The number of ether oxygens (including phenoxy) is 2. The van der Waals surface area contributed by atoms with Crippen LogP contribution in [0.25, 0.3) is 0 Å². The highest BCUT2D eigenvalue weighted by Gasteiger charge is 2.38. The number of amides is 1. The lowest BCUT2D eigenvalue weighted by atomic mass is 9.79. The number of rotatable bonds is 5. The Bertz CT molecular complexity index is 668. The fraction of sp³-hybridized carbons (Fsp3) is 0.333. The number of hydrogen-bond acceptors (Lipinski definition) is 5. The molecule has 0 saturated carbocycles. The first-order chi connectivity index (χ1) is 11.7. The zero-order valence-electron chi connectivity index (χ0n) is 13.4. The van der Waals surface area contributed by atoms with Gasteiger partial charge in [0.05, 0.1) is 5.41 Å². The van der Waals surface area contributed by atoms with Gasteiger partial charge in [0.2, 0.25) is 5.91 Å². The molecule has 1 amide bonds. The first-order valence-electron chi connectivity index (χ1n) is 7.99. The van der Waals surface area contributed by atoms with Crippen LogP contribution in [0, 0.1) is 5.41 Å². The summed E-state index contributed by atoms with van der Waals surface area (Å²) in [5, 5.41) is 2.95. The number of benzene rings is 1. The van der Waals surface area contributed by atoms with Gasteiger partial charge in [-0.2, -0.15) is 0 Å². The van der Waals surface area contributed by atoms with E-state index in [9.17, 15) is 4.79 Å². The first-order valence-corrected chi connectivity index (χ1v) is 7.99. The van der Waals surface area contributed by atoms with Crippen molar-refractivity contribution in [3.8, 4) is 11.5 Å². The predicted molar refractivity (Wildman–Crippen MR) is 90.9 cm³/mol. The third kappa shape index (κ3) is 3.72. The van der Waals surface area contributed by atoms with Crippen molar-refractivity contribution >= 4 is 11.6 Å². The van der Waals surface area contributed by atoms with E-state index in [4.69, 9.17) is 15.2 Å². The summed E-state index contributed by atoms with van der Waals surface area (Å²) in [6.45, 7) is 1.47. The van der Waals surface area contributed by atoms with Crippen LogP contribution < -0.4 is 15.8 Å². The molecule has 1 aromatic carbocycles. The van der Waals surface area contributed by atoms with E-state index in [0.717, 1.165) is 5.69 Å². The fourth-order valence-electron chi connectivity index (χ4n) is 2.70. The molecule has 6 nitrogen and oxygen atoms in total. The van der Waals surface area contributed by atoms with Crippen molar-refractivity contribution in [2.24, 2.45) is 11.1 Å². The third-order valence-corrected chi connectivity index (χ3v) is 4.32. The van der Waals surface area contributed by atoms with E-state index in [1.54, 1.807) is 24.5 Å². The van der Waals surface area contributed by atoms with E-state index in [1.165, 1.54) is 0 Å². The summed E-state index contributed by atoms with van der Waals surface area (Å²) in [6.07, 6.45) is 4.64. The number of carbonyl (C=O) groups excluding carboxylic acids is 1. The van der Waals surface area contributed by atoms with Crippen LogP contribution in [-0.4, -0.2) is 30.6 Å². The molecule has 3 N–H and O–H groups in total. The van der Waals surface area contributed by atoms with E-state index in [0.29, 0.717) is 44.1 Å². The average Bonchev–Trinajstić information content (AvgIpc) is 2.64. The molecule has 6 heteroatoms. The summed E-state index contributed by atoms with van der Waals surface area (Å²) in [7, 11) is 0. The lowest BCUT2D eigenvalue weighted by Gasteiger charge is -2.34. The van der Waals surface area contributed by atoms with E-state index >= 15 is 0 Å². The topological polar surface area (TPSA) is 86.5 Å². The summed E-state index contributed by atoms with van der Waals surface area (Å²) >= 11 is 0. The predicted octanol–water partition coefficient (Wildman–Crippen LogP) is 2.57. The molecule has 24 heavy (non-hydrogen) atoms. The van der Waals surface area contributed by atoms with Gasteiger partial charge in [-0.15, -0.1) is 0 Å². The maximum atomic E-state index is 12.6. The maximum absolute atomic E-state index is 12.6. The molecule has 3 rings (SSSR count). The van der Waals surface area contributed by atoms with Crippen molar-refractivity contribution in [1.82, 2.24) is 4.98 Å². The van der Waals surface area contributed by atoms with Crippen LogP contribution in [0.4, 0.5) is 5.69 Å². The zero-order chi connectivity index (χ0) is 16.8. The molecule has 1 fully saturated rings. The molecule has 1 aromatic heterocycles. The molecule has 1 saturated heterocycles. The number of nitrogens with zero attached hydrogens (tertiary/aromatic N) is 1. The second-order valence-electron chi connectivity index (χ2n) is 5.86.